The van der Waals surface area contributed by atoms with Crippen LogP contribution in [-0.4, -0.2) is 18.0 Å². The molecule has 0 unspecified atom stereocenters. The van der Waals surface area contributed by atoms with Gasteiger partial charge in [0.1, 0.15) is 0 Å². The lowest BCUT2D eigenvalue weighted by molar-refractivity contribution is 0.174. The molecule has 1 aliphatic carbocycles. The molecule has 2 heteroatoms. The van der Waals surface area contributed by atoms with E-state index >= 15 is 0 Å². The van der Waals surface area contributed by atoms with Crippen molar-refractivity contribution < 1.29 is 0 Å². The maximum atomic E-state index is 3.28. The van der Waals surface area contributed by atoms with Crippen molar-refractivity contribution in [3.8, 4) is 0 Å². The summed E-state index contributed by atoms with van der Waals surface area (Å²) in [4.78, 5) is 0. The Morgan fingerprint density at radius 1 is 1.38 bits per heavy atom. The number of alkyl halides is 1. The van der Waals surface area contributed by atoms with Crippen LogP contribution in [0.15, 0.2) is 0 Å². The summed E-state index contributed by atoms with van der Waals surface area (Å²) in [7, 11) is 2.06. The van der Waals surface area contributed by atoms with Crippen molar-refractivity contribution in [1.82, 2.24) is 5.32 Å². The number of hydrogen-bond donors (Lipinski definition) is 1. The third-order valence-electron chi connectivity index (χ3n) is 3.52. The van der Waals surface area contributed by atoms with Gasteiger partial charge in [-0.15, -0.1) is 0 Å². The Labute approximate surface area is 96.2 Å². The minimum atomic E-state index is 0.677. The van der Waals surface area contributed by atoms with Crippen molar-refractivity contribution in [2.45, 2.75) is 39.0 Å². The summed E-state index contributed by atoms with van der Waals surface area (Å²) >= 11 is 2.58. The summed E-state index contributed by atoms with van der Waals surface area (Å²) in [5.74, 6) is 0.977. The molecule has 0 aromatic heterocycles. The number of hydrogen-bond acceptors (Lipinski definition) is 1. The second-order valence-electron chi connectivity index (χ2n) is 4.67. The molecule has 1 rings (SSSR count). The zero-order valence-electron chi connectivity index (χ0n) is 8.91. The number of nitrogens with one attached hydrogen (secondary N) is 1. The van der Waals surface area contributed by atoms with Crippen molar-refractivity contribution in [2.24, 2.45) is 11.3 Å². The van der Waals surface area contributed by atoms with E-state index in [0.29, 0.717) is 5.41 Å². The van der Waals surface area contributed by atoms with E-state index in [4.69, 9.17) is 0 Å². The minimum Gasteiger partial charge on any atom is -0.320 e. The highest BCUT2D eigenvalue weighted by Gasteiger charge is 2.32. The van der Waals surface area contributed by atoms with Gasteiger partial charge in [0.2, 0.25) is 0 Å². The Kier molecular flexibility index (Phi) is 5.01. The maximum absolute atomic E-state index is 3.28. The summed E-state index contributed by atoms with van der Waals surface area (Å²) < 4.78 is 1.35. The van der Waals surface area contributed by atoms with Crippen LogP contribution in [0.3, 0.4) is 0 Å². The summed E-state index contributed by atoms with van der Waals surface area (Å²) in [5.41, 5.74) is 0.677. The lowest BCUT2D eigenvalue weighted by Crippen LogP contribution is -2.31. The van der Waals surface area contributed by atoms with Gasteiger partial charge >= 0.3 is 0 Å². The van der Waals surface area contributed by atoms with Gasteiger partial charge in [-0.1, -0.05) is 42.4 Å². The van der Waals surface area contributed by atoms with Gasteiger partial charge in [0, 0.05) is 4.43 Å². The Morgan fingerprint density at radius 3 is 2.46 bits per heavy atom. The molecule has 0 bridgehead atoms. The molecule has 0 spiro atoms. The van der Waals surface area contributed by atoms with Crippen molar-refractivity contribution >= 4 is 22.6 Å². The molecule has 1 fully saturated rings. The fourth-order valence-electron chi connectivity index (χ4n) is 2.22. The maximum Gasteiger partial charge on any atom is 0.00524 e. The lowest BCUT2D eigenvalue weighted by atomic mass is 9.70. The molecule has 0 heterocycles. The zero-order valence-corrected chi connectivity index (χ0v) is 11.1. The minimum absolute atomic E-state index is 0.677. The molecule has 1 aliphatic rings. The monoisotopic (exact) mass is 295 g/mol. The first kappa shape index (κ1) is 11.8. The van der Waals surface area contributed by atoms with Crippen molar-refractivity contribution in [2.75, 3.05) is 18.0 Å². The van der Waals surface area contributed by atoms with E-state index < -0.39 is 0 Å². The molecule has 78 valence electrons. The molecule has 0 aromatic carbocycles. The van der Waals surface area contributed by atoms with E-state index in [2.05, 4.69) is 41.9 Å². The van der Waals surface area contributed by atoms with E-state index in [1.54, 1.807) is 0 Å². The Balaban J connectivity index is 2.40. The lowest BCUT2D eigenvalue weighted by Gasteiger charge is -2.38. The first-order chi connectivity index (χ1) is 6.22. The molecular weight excluding hydrogens is 273 g/mol. The fraction of sp³-hybridized carbons (Fsp3) is 1.00. The zero-order chi connectivity index (χ0) is 9.73. The van der Waals surface area contributed by atoms with Gasteiger partial charge in [-0.2, -0.15) is 0 Å². The van der Waals surface area contributed by atoms with Gasteiger partial charge in [-0.3, -0.25) is 0 Å². The van der Waals surface area contributed by atoms with Crippen molar-refractivity contribution in [3.63, 3.8) is 0 Å². The van der Waals surface area contributed by atoms with Crippen molar-refractivity contribution in [1.29, 1.82) is 0 Å². The molecule has 1 nitrogen and oxygen atoms in total. The van der Waals surface area contributed by atoms with Crippen LogP contribution in [-0.2, 0) is 0 Å². The molecule has 0 amide bonds. The number of rotatable bonds is 4. The van der Waals surface area contributed by atoms with Crippen LogP contribution in [0.1, 0.15) is 39.0 Å². The van der Waals surface area contributed by atoms with Crippen LogP contribution in [0.5, 0.6) is 0 Å². The Hall–Kier alpha value is 0.690. The van der Waals surface area contributed by atoms with E-state index in [1.165, 1.54) is 43.1 Å². The van der Waals surface area contributed by atoms with Gasteiger partial charge < -0.3 is 5.32 Å². The third-order valence-corrected chi connectivity index (χ3v) is 5.14. The topological polar surface area (TPSA) is 12.0 Å². The highest BCUT2D eigenvalue weighted by atomic mass is 127. The quantitative estimate of drug-likeness (QED) is 0.620. The van der Waals surface area contributed by atoms with Crippen LogP contribution >= 0.6 is 22.6 Å². The fourth-order valence-corrected chi connectivity index (χ4v) is 3.36. The molecule has 0 aliphatic heterocycles. The van der Waals surface area contributed by atoms with Gasteiger partial charge in [-0.25, -0.2) is 0 Å². The van der Waals surface area contributed by atoms with Gasteiger partial charge in [0.05, 0.1) is 0 Å². The summed E-state index contributed by atoms with van der Waals surface area (Å²) in [6, 6.07) is 0. The number of halogens is 1. The molecule has 0 aromatic rings. The van der Waals surface area contributed by atoms with Crippen LogP contribution < -0.4 is 5.32 Å². The average molecular weight is 295 g/mol. The van der Waals surface area contributed by atoms with Crippen LogP contribution in [0.4, 0.5) is 0 Å². The highest BCUT2D eigenvalue weighted by molar-refractivity contribution is 14.1. The predicted molar refractivity (Wildman–Crippen MR) is 67.5 cm³/mol. The average Bonchev–Trinajstić information content (AvgIpc) is 2.18. The Morgan fingerprint density at radius 2 is 2.00 bits per heavy atom. The summed E-state index contributed by atoms with van der Waals surface area (Å²) in [6.07, 6.45) is 7.19. The van der Waals surface area contributed by atoms with E-state index in [-0.39, 0.29) is 0 Å². The van der Waals surface area contributed by atoms with Crippen LogP contribution in [0, 0.1) is 11.3 Å². The molecule has 1 saturated carbocycles. The first-order valence-electron chi connectivity index (χ1n) is 5.43. The van der Waals surface area contributed by atoms with Gasteiger partial charge in [-0.05, 0) is 44.2 Å². The summed E-state index contributed by atoms with van der Waals surface area (Å²) in [5, 5.41) is 3.28. The largest absolute Gasteiger partial charge is 0.320 e. The van der Waals surface area contributed by atoms with Crippen LogP contribution in [0.25, 0.3) is 0 Å². The molecule has 0 radical (unpaired) electrons. The van der Waals surface area contributed by atoms with E-state index in [0.717, 1.165) is 5.92 Å². The molecular formula is C11H22IN. The normalized spacial score (nSPS) is 34.8. The highest BCUT2D eigenvalue weighted by Crippen LogP contribution is 2.42. The van der Waals surface area contributed by atoms with Crippen LogP contribution in [0.2, 0.25) is 0 Å². The van der Waals surface area contributed by atoms with Crippen molar-refractivity contribution in [3.05, 3.63) is 0 Å². The molecule has 0 saturated heterocycles. The second kappa shape index (κ2) is 5.54. The smallest absolute Gasteiger partial charge is 0.00524 e. The van der Waals surface area contributed by atoms with E-state index in [9.17, 15) is 0 Å². The second-order valence-corrected chi connectivity index (χ2v) is 5.43. The van der Waals surface area contributed by atoms with Gasteiger partial charge in [0.15, 0.2) is 0 Å². The first-order valence-corrected chi connectivity index (χ1v) is 6.95. The molecule has 1 N–H and O–H groups in total. The van der Waals surface area contributed by atoms with Gasteiger partial charge in [0.25, 0.3) is 0 Å². The summed E-state index contributed by atoms with van der Waals surface area (Å²) in [6.45, 7) is 3.59. The standard InChI is InChI=1S/C11H22IN/c1-10-3-5-11(9-12,6-4-10)7-8-13-2/h10,13H,3-9H2,1-2H3. The SMILES string of the molecule is CNCCC1(CI)CCC(C)CC1. The molecule has 0 atom stereocenters. The predicted octanol–water partition coefficient (Wildman–Crippen LogP) is 3.23. The Bertz CT molecular complexity index is 134. The third kappa shape index (κ3) is 3.39. The van der Waals surface area contributed by atoms with E-state index in [1.807, 2.05) is 0 Å². The molecule has 13 heavy (non-hydrogen) atoms.